The highest BCUT2D eigenvalue weighted by Crippen LogP contribution is 2.44. The Bertz CT molecular complexity index is 481. The Hall–Kier alpha value is -1.51. The number of fused-ring (bicyclic) bond motifs is 1. The van der Waals surface area contributed by atoms with Crippen molar-refractivity contribution in [1.82, 2.24) is 0 Å². The fourth-order valence-corrected chi connectivity index (χ4v) is 3.42. The SMILES string of the molecule is COC(=O)[C@@H](C)N1c2ccccc2[C@@H](C)CC1(C)C. The van der Waals surface area contributed by atoms with E-state index in [2.05, 4.69) is 43.9 Å². The van der Waals surface area contributed by atoms with Crippen LogP contribution in [-0.4, -0.2) is 24.7 Å². The number of ether oxygens (including phenoxy) is 1. The highest BCUT2D eigenvalue weighted by atomic mass is 16.5. The number of nitrogens with zero attached hydrogens (tertiary/aromatic N) is 1. The molecule has 1 aromatic rings. The van der Waals surface area contributed by atoms with E-state index in [1.54, 1.807) is 0 Å². The Balaban J connectivity index is 2.50. The van der Waals surface area contributed by atoms with E-state index in [9.17, 15) is 4.79 Å². The second-order valence-corrected chi connectivity index (χ2v) is 6.05. The van der Waals surface area contributed by atoms with Gasteiger partial charge in [-0.25, -0.2) is 4.79 Å². The molecule has 0 spiro atoms. The fraction of sp³-hybridized carbons (Fsp3) is 0.562. The highest BCUT2D eigenvalue weighted by Gasteiger charge is 2.40. The zero-order valence-corrected chi connectivity index (χ0v) is 12.4. The molecule has 0 saturated heterocycles. The normalized spacial score (nSPS) is 22.6. The first-order valence-electron chi connectivity index (χ1n) is 6.84. The number of hydrogen-bond donors (Lipinski definition) is 0. The number of hydrogen-bond acceptors (Lipinski definition) is 3. The maximum Gasteiger partial charge on any atom is 0.328 e. The van der Waals surface area contributed by atoms with Crippen molar-refractivity contribution in [3.8, 4) is 0 Å². The Morgan fingerprint density at radius 2 is 2.05 bits per heavy atom. The van der Waals surface area contributed by atoms with E-state index in [4.69, 9.17) is 4.74 Å². The quantitative estimate of drug-likeness (QED) is 0.765. The number of carbonyl (C=O) groups is 1. The lowest BCUT2D eigenvalue weighted by Gasteiger charge is -2.49. The molecule has 0 unspecified atom stereocenters. The van der Waals surface area contributed by atoms with Crippen molar-refractivity contribution in [3.63, 3.8) is 0 Å². The van der Waals surface area contributed by atoms with Crippen molar-refractivity contribution in [2.75, 3.05) is 12.0 Å². The van der Waals surface area contributed by atoms with Crippen LogP contribution in [-0.2, 0) is 9.53 Å². The summed E-state index contributed by atoms with van der Waals surface area (Å²) in [4.78, 5) is 14.1. The zero-order chi connectivity index (χ0) is 14.2. The lowest BCUT2D eigenvalue weighted by atomic mass is 9.79. The molecule has 0 aliphatic carbocycles. The molecule has 3 nitrogen and oxygen atoms in total. The number of benzene rings is 1. The summed E-state index contributed by atoms with van der Waals surface area (Å²) in [7, 11) is 1.45. The van der Waals surface area contributed by atoms with Crippen LogP contribution in [0.4, 0.5) is 5.69 Å². The molecule has 104 valence electrons. The predicted octanol–water partition coefficient (Wildman–Crippen LogP) is 3.34. The third-order valence-corrected chi connectivity index (χ3v) is 4.11. The molecule has 19 heavy (non-hydrogen) atoms. The van der Waals surface area contributed by atoms with Gasteiger partial charge in [0.2, 0.25) is 0 Å². The van der Waals surface area contributed by atoms with Crippen LogP contribution in [0.5, 0.6) is 0 Å². The van der Waals surface area contributed by atoms with Crippen molar-refractivity contribution < 1.29 is 9.53 Å². The van der Waals surface area contributed by atoms with Gasteiger partial charge in [-0.3, -0.25) is 0 Å². The number of carbonyl (C=O) groups excluding carboxylic acids is 1. The molecule has 0 saturated carbocycles. The number of para-hydroxylation sites is 1. The first-order chi connectivity index (χ1) is 8.88. The van der Waals surface area contributed by atoms with Gasteiger partial charge in [0.05, 0.1) is 7.11 Å². The van der Waals surface area contributed by atoms with E-state index in [0.717, 1.165) is 12.1 Å². The van der Waals surface area contributed by atoms with Crippen LogP contribution in [0.3, 0.4) is 0 Å². The molecule has 0 radical (unpaired) electrons. The standard InChI is InChI=1S/C16H23NO2/c1-11-10-16(3,4)17(12(2)15(18)19-5)14-9-7-6-8-13(11)14/h6-9,11-12H,10H2,1-5H3/t11-,12+/m0/s1. The fourth-order valence-electron chi connectivity index (χ4n) is 3.42. The van der Waals surface area contributed by atoms with Crippen LogP contribution in [0.25, 0.3) is 0 Å². The van der Waals surface area contributed by atoms with E-state index >= 15 is 0 Å². The molecular weight excluding hydrogens is 238 g/mol. The number of methoxy groups -OCH3 is 1. The van der Waals surface area contributed by atoms with E-state index in [-0.39, 0.29) is 17.6 Å². The summed E-state index contributed by atoms with van der Waals surface area (Å²) in [6.45, 7) is 8.55. The van der Waals surface area contributed by atoms with Crippen LogP contribution < -0.4 is 4.90 Å². The van der Waals surface area contributed by atoms with Gasteiger partial charge >= 0.3 is 5.97 Å². The second-order valence-electron chi connectivity index (χ2n) is 6.05. The van der Waals surface area contributed by atoms with E-state index < -0.39 is 0 Å². The van der Waals surface area contributed by atoms with Gasteiger partial charge in [0.15, 0.2) is 0 Å². The van der Waals surface area contributed by atoms with Crippen LogP contribution in [0, 0.1) is 0 Å². The zero-order valence-electron chi connectivity index (χ0n) is 12.4. The molecule has 0 amide bonds. The monoisotopic (exact) mass is 261 g/mol. The predicted molar refractivity (Wildman–Crippen MR) is 77.5 cm³/mol. The van der Waals surface area contributed by atoms with Gasteiger partial charge in [-0.1, -0.05) is 25.1 Å². The third-order valence-electron chi connectivity index (χ3n) is 4.11. The smallest absolute Gasteiger partial charge is 0.328 e. The average molecular weight is 261 g/mol. The molecule has 1 aliphatic heterocycles. The summed E-state index contributed by atoms with van der Waals surface area (Å²) >= 11 is 0. The topological polar surface area (TPSA) is 29.5 Å². The molecule has 1 aliphatic rings. The summed E-state index contributed by atoms with van der Waals surface area (Å²) < 4.78 is 4.92. The van der Waals surface area contributed by atoms with Gasteiger partial charge < -0.3 is 9.64 Å². The summed E-state index contributed by atoms with van der Waals surface area (Å²) in [5, 5.41) is 0. The Kier molecular flexibility index (Phi) is 3.57. The summed E-state index contributed by atoms with van der Waals surface area (Å²) in [6, 6.07) is 8.09. The first-order valence-corrected chi connectivity index (χ1v) is 6.84. The lowest BCUT2D eigenvalue weighted by Crippen LogP contribution is -2.55. The molecular formula is C16H23NO2. The number of anilines is 1. The van der Waals surface area contributed by atoms with Gasteiger partial charge in [-0.05, 0) is 44.7 Å². The molecule has 2 rings (SSSR count). The molecule has 3 heteroatoms. The van der Waals surface area contributed by atoms with Crippen LogP contribution in [0.2, 0.25) is 0 Å². The number of rotatable bonds is 2. The maximum atomic E-state index is 11.9. The minimum atomic E-state index is -0.270. The van der Waals surface area contributed by atoms with Crippen molar-refractivity contribution >= 4 is 11.7 Å². The summed E-state index contributed by atoms with van der Waals surface area (Å²) in [6.07, 6.45) is 1.03. The van der Waals surface area contributed by atoms with Gasteiger partial charge in [-0.2, -0.15) is 0 Å². The second kappa shape index (κ2) is 4.87. The summed E-state index contributed by atoms with van der Waals surface area (Å²) in [5.74, 6) is 0.324. The van der Waals surface area contributed by atoms with E-state index in [1.807, 2.05) is 13.0 Å². The molecule has 1 aromatic carbocycles. The van der Waals surface area contributed by atoms with Crippen molar-refractivity contribution in [2.24, 2.45) is 0 Å². The van der Waals surface area contributed by atoms with Gasteiger partial charge in [0, 0.05) is 11.2 Å². The Labute approximate surface area is 115 Å². The van der Waals surface area contributed by atoms with Crippen molar-refractivity contribution in [2.45, 2.75) is 51.6 Å². The molecule has 0 N–H and O–H groups in total. The molecule has 2 atom stereocenters. The van der Waals surface area contributed by atoms with Gasteiger partial charge in [0.25, 0.3) is 0 Å². The van der Waals surface area contributed by atoms with E-state index in [0.29, 0.717) is 5.92 Å². The molecule has 0 aromatic heterocycles. The molecule has 0 bridgehead atoms. The van der Waals surface area contributed by atoms with Crippen LogP contribution in [0.15, 0.2) is 24.3 Å². The molecule has 1 heterocycles. The van der Waals surface area contributed by atoms with Gasteiger partial charge in [0.1, 0.15) is 6.04 Å². The average Bonchev–Trinajstić information content (AvgIpc) is 2.36. The maximum absolute atomic E-state index is 11.9. The third kappa shape index (κ3) is 2.34. The van der Waals surface area contributed by atoms with Crippen LogP contribution >= 0.6 is 0 Å². The lowest BCUT2D eigenvalue weighted by molar-refractivity contribution is -0.142. The van der Waals surface area contributed by atoms with Crippen molar-refractivity contribution in [3.05, 3.63) is 29.8 Å². The minimum absolute atomic E-state index is 0.0542. The van der Waals surface area contributed by atoms with Gasteiger partial charge in [-0.15, -0.1) is 0 Å². The van der Waals surface area contributed by atoms with Crippen LogP contribution in [0.1, 0.15) is 45.6 Å². The molecule has 0 fully saturated rings. The summed E-state index contributed by atoms with van der Waals surface area (Å²) in [5.41, 5.74) is 2.42. The number of esters is 1. The Morgan fingerprint density at radius 3 is 2.68 bits per heavy atom. The van der Waals surface area contributed by atoms with E-state index in [1.165, 1.54) is 12.7 Å². The first kappa shape index (κ1) is 13.9. The Morgan fingerprint density at radius 1 is 1.42 bits per heavy atom. The minimum Gasteiger partial charge on any atom is -0.467 e. The highest BCUT2D eigenvalue weighted by molar-refractivity contribution is 5.81. The van der Waals surface area contributed by atoms with Crippen molar-refractivity contribution in [1.29, 1.82) is 0 Å². The largest absolute Gasteiger partial charge is 0.467 e.